The van der Waals surface area contributed by atoms with Crippen molar-refractivity contribution in [1.29, 1.82) is 0 Å². The minimum Gasteiger partial charge on any atom is -0.298 e. The van der Waals surface area contributed by atoms with Crippen LogP contribution in [0, 0.1) is 6.92 Å². The van der Waals surface area contributed by atoms with Crippen molar-refractivity contribution in [3.8, 4) is 0 Å². The van der Waals surface area contributed by atoms with Crippen LogP contribution in [0.4, 0.5) is 0 Å². The van der Waals surface area contributed by atoms with Crippen LogP contribution in [0.3, 0.4) is 0 Å². The highest BCUT2D eigenvalue weighted by Crippen LogP contribution is 2.20. The molecule has 15 heavy (non-hydrogen) atoms. The van der Waals surface area contributed by atoms with E-state index in [4.69, 9.17) is 4.84 Å². The topological polar surface area (TPSA) is 21.3 Å². The molecule has 1 saturated carbocycles. The zero-order valence-corrected chi connectivity index (χ0v) is 9.33. The van der Waals surface area contributed by atoms with Gasteiger partial charge in [0, 0.05) is 6.54 Å². The fourth-order valence-corrected chi connectivity index (χ4v) is 2.05. The van der Waals surface area contributed by atoms with Gasteiger partial charge in [0.25, 0.3) is 0 Å². The van der Waals surface area contributed by atoms with Crippen LogP contribution < -0.4 is 5.48 Å². The Morgan fingerprint density at radius 2 is 2.00 bits per heavy atom. The zero-order chi connectivity index (χ0) is 10.5. The second kappa shape index (κ2) is 5.29. The van der Waals surface area contributed by atoms with Gasteiger partial charge in [0.2, 0.25) is 0 Å². The number of benzene rings is 1. The first-order chi connectivity index (χ1) is 7.36. The summed E-state index contributed by atoms with van der Waals surface area (Å²) in [6.07, 6.45) is 5.49. The van der Waals surface area contributed by atoms with Crippen molar-refractivity contribution in [3.63, 3.8) is 0 Å². The minimum absolute atomic E-state index is 0.439. The van der Waals surface area contributed by atoms with Crippen molar-refractivity contribution in [1.82, 2.24) is 5.48 Å². The molecule has 0 radical (unpaired) electrons. The predicted octanol–water partition coefficient (Wildman–Crippen LogP) is 2.96. The van der Waals surface area contributed by atoms with E-state index in [1.165, 1.54) is 36.8 Å². The molecule has 1 N–H and O–H groups in total. The molecule has 2 heteroatoms. The maximum absolute atomic E-state index is 5.61. The lowest BCUT2D eigenvalue weighted by atomic mass is 10.1. The van der Waals surface area contributed by atoms with Crippen LogP contribution in [-0.4, -0.2) is 6.10 Å². The molecule has 82 valence electrons. The first-order valence-corrected chi connectivity index (χ1v) is 5.79. The summed E-state index contributed by atoms with van der Waals surface area (Å²) in [5.41, 5.74) is 5.72. The highest BCUT2D eigenvalue weighted by Gasteiger charge is 2.15. The van der Waals surface area contributed by atoms with E-state index in [2.05, 4.69) is 36.7 Å². The monoisotopic (exact) mass is 205 g/mol. The Balaban J connectivity index is 1.75. The molecule has 1 aromatic carbocycles. The molecule has 0 saturated heterocycles. The highest BCUT2D eigenvalue weighted by atomic mass is 16.7. The minimum atomic E-state index is 0.439. The second-order valence-corrected chi connectivity index (χ2v) is 4.27. The molecule has 2 nitrogen and oxygen atoms in total. The van der Waals surface area contributed by atoms with E-state index in [1.807, 2.05) is 0 Å². The number of rotatable bonds is 4. The van der Waals surface area contributed by atoms with E-state index in [0.717, 1.165) is 6.54 Å². The van der Waals surface area contributed by atoms with Crippen LogP contribution >= 0.6 is 0 Å². The summed E-state index contributed by atoms with van der Waals surface area (Å²) in [5, 5.41) is 0. The highest BCUT2D eigenvalue weighted by molar-refractivity contribution is 5.24. The lowest BCUT2D eigenvalue weighted by Gasteiger charge is -2.12. The van der Waals surface area contributed by atoms with Crippen molar-refractivity contribution >= 4 is 0 Å². The Labute approximate surface area is 91.6 Å². The SMILES string of the molecule is Cc1ccccc1CNOC1CCCC1. The molecular weight excluding hydrogens is 186 g/mol. The first-order valence-electron chi connectivity index (χ1n) is 5.79. The zero-order valence-electron chi connectivity index (χ0n) is 9.33. The molecule has 1 aromatic rings. The van der Waals surface area contributed by atoms with E-state index in [1.54, 1.807) is 0 Å². The average Bonchev–Trinajstić information content (AvgIpc) is 2.74. The number of nitrogens with one attached hydrogen (secondary N) is 1. The molecule has 1 fully saturated rings. The van der Waals surface area contributed by atoms with Crippen LogP contribution in [0.25, 0.3) is 0 Å². The van der Waals surface area contributed by atoms with Crippen molar-refractivity contribution in [2.75, 3.05) is 0 Å². The molecule has 0 aromatic heterocycles. The van der Waals surface area contributed by atoms with Gasteiger partial charge in [0.05, 0.1) is 6.10 Å². The molecular formula is C13H19NO. The quantitative estimate of drug-likeness (QED) is 0.763. The second-order valence-electron chi connectivity index (χ2n) is 4.27. The van der Waals surface area contributed by atoms with Gasteiger partial charge in [0.1, 0.15) is 0 Å². The predicted molar refractivity (Wildman–Crippen MR) is 61.4 cm³/mol. The van der Waals surface area contributed by atoms with E-state index in [-0.39, 0.29) is 0 Å². The van der Waals surface area contributed by atoms with Gasteiger partial charge in [-0.05, 0) is 30.9 Å². The van der Waals surface area contributed by atoms with Gasteiger partial charge in [-0.25, -0.2) is 0 Å². The summed E-state index contributed by atoms with van der Waals surface area (Å²) in [7, 11) is 0. The molecule has 0 bridgehead atoms. The average molecular weight is 205 g/mol. The number of hydroxylamine groups is 1. The summed E-state index contributed by atoms with van der Waals surface area (Å²) in [4.78, 5) is 5.61. The Hall–Kier alpha value is -0.860. The molecule has 0 unspecified atom stereocenters. The first kappa shape index (κ1) is 10.7. The molecule has 0 heterocycles. The third kappa shape index (κ3) is 3.05. The Morgan fingerprint density at radius 1 is 1.27 bits per heavy atom. The van der Waals surface area contributed by atoms with Gasteiger partial charge < -0.3 is 0 Å². The van der Waals surface area contributed by atoms with Gasteiger partial charge in [-0.3, -0.25) is 4.84 Å². The van der Waals surface area contributed by atoms with Crippen LogP contribution in [-0.2, 0) is 11.4 Å². The largest absolute Gasteiger partial charge is 0.298 e. The lowest BCUT2D eigenvalue weighted by Crippen LogP contribution is -2.21. The summed E-state index contributed by atoms with van der Waals surface area (Å²) in [6, 6.07) is 8.41. The van der Waals surface area contributed by atoms with E-state index >= 15 is 0 Å². The standard InChI is InChI=1S/C13H19NO/c1-11-6-2-3-7-12(11)10-14-15-13-8-4-5-9-13/h2-3,6-7,13-14H,4-5,8-10H2,1H3. The normalized spacial score (nSPS) is 17.1. The molecule has 2 rings (SSSR count). The van der Waals surface area contributed by atoms with Crippen LogP contribution in [0.5, 0.6) is 0 Å². The van der Waals surface area contributed by atoms with E-state index in [0.29, 0.717) is 6.10 Å². The number of hydrogen-bond donors (Lipinski definition) is 1. The van der Waals surface area contributed by atoms with Crippen molar-refractivity contribution < 1.29 is 4.84 Å². The molecule has 0 aliphatic heterocycles. The smallest absolute Gasteiger partial charge is 0.0790 e. The van der Waals surface area contributed by atoms with Crippen molar-refractivity contribution in [2.24, 2.45) is 0 Å². The third-order valence-electron chi connectivity index (χ3n) is 3.08. The van der Waals surface area contributed by atoms with Crippen molar-refractivity contribution in [3.05, 3.63) is 35.4 Å². The lowest BCUT2D eigenvalue weighted by molar-refractivity contribution is -0.0244. The van der Waals surface area contributed by atoms with Crippen LogP contribution in [0.15, 0.2) is 24.3 Å². The molecule has 0 spiro atoms. The Bertz CT molecular complexity index is 305. The van der Waals surface area contributed by atoms with E-state index < -0.39 is 0 Å². The fourth-order valence-electron chi connectivity index (χ4n) is 2.05. The molecule has 1 aliphatic rings. The number of hydrogen-bond acceptors (Lipinski definition) is 2. The Kier molecular flexibility index (Phi) is 3.75. The van der Waals surface area contributed by atoms with Gasteiger partial charge >= 0.3 is 0 Å². The summed E-state index contributed by atoms with van der Waals surface area (Å²) in [6.45, 7) is 2.94. The van der Waals surface area contributed by atoms with E-state index in [9.17, 15) is 0 Å². The maximum Gasteiger partial charge on any atom is 0.0790 e. The maximum atomic E-state index is 5.61. The van der Waals surface area contributed by atoms with Gasteiger partial charge in [-0.1, -0.05) is 37.1 Å². The molecule has 1 aliphatic carbocycles. The summed E-state index contributed by atoms with van der Waals surface area (Å²) in [5.74, 6) is 0. The summed E-state index contributed by atoms with van der Waals surface area (Å²) < 4.78 is 0. The fraction of sp³-hybridized carbons (Fsp3) is 0.538. The van der Waals surface area contributed by atoms with Crippen LogP contribution in [0.1, 0.15) is 36.8 Å². The molecule has 0 atom stereocenters. The van der Waals surface area contributed by atoms with Crippen LogP contribution in [0.2, 0.25) is 0 Å². The van der Waals surface area contributed by atoms with Gasteiger partial charge in [-0.15, -0.1) is 0 Å². The number of aryl methyl sites for hydroxylation is 1. The molecule has 0 amide bonds. The Morgan fingerprint density at radius 3 is 2.73 bits per heavy atom. The van der Waals surface area contributed by atoms with Gasteiger partial charge in [0.15, 0.2) is 0 Å². The van der Waals surface area contributed by atoms with Crippen molar-refractivity contribution in [2.45, 2.75) is 45.3 Å². The summed E-state index contributed by atoms with van der Waals surface area (Å²) >= 11 is 0. The van der Waals surface area contributed by atoms with Gasteiger partial charge in [-0.2, -0.15) is 5.48 Å². The third-order valence-corrected chi connectivity index (χ3v) is 3.08.